The minimum atomic E-state index is -0.957. The highest BCUT2D eigenvalue weighted by Gasteiger charge is 2.22. The van der Waals surface area contributed by atoms with E-state index in [4.69, 9.17) is 0 Å². The van der Waals surface area contributed by atoms with Gasteiger partial charge in [-0.2, -0.15) is 0 Å². The number of amides is 1. The number of benzene rings is 2. The minimum absolute atomic E-state index is 0.179. The van der Waals surface area contributed by atoms with Gasteiger partial charge in [0.25, 0.3) is 0 Å². The fourth-order valence-electron chi connectivity index (χ4n) is 4.09. The first-order chi connectivity index (χ1) is 17.0. The average Bonchev–Trinajstić information content (AvgIpc) is 2.85. The summed E-state index contributed by atoms with van der Waals surface area (Å²) in [5.74, 6) is -1.37. The number of hydrogen-bond donors (Lipinski definition) is 2. The molecule has 1 atom stereocenters. The lowest BCUT2D eigenvalue weighted by Gasteiger charge is -2.15. The largest absolute Gasteiger partial charge is 0.481 e. The zero-order valence-corrected chi connectivity index (χ0v) is 22.4. The zero-order valence-electron chi connectivity index (χ0n) is 21.6. The van der Waals surface area contributed by atoms with Crippen molar-refractivity contribution >= 4 is 29.3 Å². The topological polar surface area (TPSA) is 66.4 Å². The maximum absolute atomic E-state index is 12.7. The van der Waals surface area contributed by atoms with Crippen molar-refractivity contribution in [3.63, 3.8) is 0 Å². The van der Waals surface area contributed by atoms with Gasteiger partial charge in [-0.1, -0.05) is 94.5 Å². The first-order valence-corrected chi connectivity index (χ1v) is 14.3. The second-order valence-electron chi connectivity index (χ2n) is 9.54. The number of carboxylic acids is 1. The molecule has 192 valence electrons. The standard InChI is InChI=1S/C30H43NO3S/c1-3-4-5-6-7-8-9-10-11-12-13-25-16-20-28(21-17-25)35-23-26(22-29(32)33)30(34)31-27-18-14-24(2)15-19-27/h14-21,26H,3-13,22-23H2,1-2H3,(H,31,34)(H,32,33). The molecule has 2 aromatic carbocycles. The molecule has 1 unspecified atom stereocenters. The number of carbonyl (C=O) groups excluding carboxylic acids is 1. The molecule has 0 aliphatic rings. The first-order valence-electron chi connectivity index (χ1n) is 13.3. The second kappa shape index (κ2) is 17.2. The van der Waals surface area contributed by atoms with Gasteiger partial charge in [-0.05, 0) is 49.6 Å². The quantitative estimate of drug-likeness (QED) is 0.161. The zero-order chi connectivity index (χ0) is 25.3. The number of anilines is 1. The summed E-state index contributed by atoms with van der Waals surface area (Å²) in [6, 6.07) is 16.0. The maximum Gasteiger partial charge on any atom is 0.304 e. The molecular formula is C30H43NO3S. The van der Waals surface area contributed by atoms with Gasteiger partial charge in [0.1, 0.15) is 0 Å². The number of aliphatic carboxylic acids is 1. The predicted octanol–water partition coefficient (Wildman–Crippen LogP) is 8.28. The lowest BCUT2D eigenvalue weighted by molar-refractivity contribution is -0.139. The van der Waals surface area contributed by atoms with E-state index >= 15 is 0 Å². The Morgan fingerprint density at radius 3 is 1.97 bits per heavy atom. The molecule has 0 saturated carbocycles. The van der Waals surface area contributed by atoms with E-state index in [2.05, 4.69) is 36.5 Å². The normalized spacial score (nSPS) is 11.8. The lowest BCUT2D eigenvalue weighted by Crippen LogP contribution is -2.27. The molecule has 2 aromatic rings. The summed E-state index contributed by atoms with van der Waals surface area (Å²) < 4.78 is 0. The van der Waals surface area contributed by atoms with E-state index in [1.54, 1.807) is 11.8 Å². The van der Waals surface area contributed by atoms with E-state index in [1.807, 2.05) is 31.2 Å². The van der Waals surface area contributed by atoms with Crippen LogP contribution >= 0.6 is 11.8 Å². The fourth-order valence-corrected chi connectivity index (χ4v) is 5.08. The third kappa shape index (κ3) is 12.8. The highest BCUT2D eigenvalue weighted by molar-refractivity contribution is 7.99. The molecule has 0 radical (unpaired) electrons. The van der Waals surface area contributed by atoms with Crippen LogP contribution in [0.4, 0.5) is 5.69 Å². The van der Waals surface area contributed by atoms with Gasteiger partial charge in [-0.3, -0.25) is 9.59 Å². The number of rotatable bonds is 18. The molecule has 0 fully saturated rings. The lowest BCUT2D eigenvalue weighted by atomic mass is 10.0. The van der Waals surface area contributed by atoms with Crippen molar-refractivity contribution < 1.29 is 14.7 Å². The Labute approximate surface area is 216 Å². The molecule has 5 heteroatoms. The van der Waals surface area contributed by atoms with Crippen LogP contribution in [0.15, 0.2) is 53.4 Å². The molecule has 0 spiro atoms. The summed E-state index contributed by atoms with van der Waals surface area (Å²) in [5.41, 5.74) is 3.14. The third-order valence-corrected chi connectivity index (χ3v) is 7.48. The summed E-state index contributed by atoms with van der Waals surface area (Å²) in [6.45, 7) is 4.25. The molecule has 4 nitrogen and oxygen atoms in total. The van der Waals surface area contributed by atoms with Crippen LogP contribution in [-0.4, -0.2) is 22.7 Å². The number of thioether (sulfide) groups is 1. The Hall–Kier alpha value is -2.27. The molecule has 2 rings (SSSR count). The Bertz CT molecular complexity index is 864. The molecule has 0 aromatic heterocycles. The van der Waals surface area contributed by atoms with Gasteiger partial charge >= 0.3 is 5.97 Å². The van der Waals surface area contributed by atoms with E-state index in [9.17, 15) is 14.7 Å². The van der Waals surface area contributed by atoms with Gasteiger partial charge in [0.2, 0.25) is 5.91 Å². The van der Waals surface area contributed by atoms with Gasteiger partial charge < -0.3 is 10.4 Å². The van der Waals surface area contributed by atoms with Crippen molar-refractivity contribution in [1.29, 1.82) is 0 Å². The van der Waals surface area contributed by atoms with Crippen molar-refractivity contribution in [2.45, 2.75) is 95.8 Å². The second-order valence-corrected chi connectivity index (χ2v) is 10.6. The van der Waals surface area contributed by atoms with Crippen LogP contribution in [0.3, 0.4) is 0 Å². The summed E-state index contributed by atoms with van der Waals surface area (Å²) in [7, 11) is 0. The van der Waals surface area contributed by atoms with Crippen molar-refractivity contribution in [1.82, 2.24) is 0 Å². The number of nitrogens with one attached hydrogen (secondary N) is 1. The van der Waals surface area contributed by atoms with E-state index < -0.39 is 11.9 Å². The van der Waals surface area contributed by atoms with Crippen LogP contribution in [0.1, 0.15) is 88.7 Å². The molecule has 2 N–H and O–H groups in total. The van der Waals surface area contributed by atoms with Crippen molar-refractivity contribution in [3.05, 3.63) is 59.7 Å². The monoisotopic (exact) mass is 497 g/mol. The van der Waals surface area contributed by atoms with E-state index in [0.717, 1.165) is 16.9 Å². The van der Waals surface area contributed by atoms with E-state index in [0.29, 0.717) is 11.4 Å². The van der Waals surface area contributed by atoms with E-state index in [1.165, 1.54) is 69.8 Å². The first kappa shape index (κ1) is 29.0. The van der Waals surface area contributed by atoms with Gasteiger partial charge in [0.15, 0.2) is 0 Å². The van der Waals surface area contributed by atoms with Crippen LogP contribution in [0.5, 0.6) is 0 Å². The summed E-state index contributed by atoms with van der Waals surface area (Å²) >= 11 is 1.54. The van der Waals surface area contributed by atoms with Gasteiger partial charge in [-0.25, -0.2) is 0 Å². The van der Waals surface area contributed by atoms with Crippen LogP contribution < -0.4 is 5.32 Å². The molecule has 35 heavy (non-hydrogen) atoms. The van der Waals surface area contributed by atoms with Gasteiger partial charge in [-0.15, -0.1) is 11.8 Å². The Morgan fingerprint density at radius 2 is 1.40 bits per heavy atom. The van der Waals surface area contributed by atoms with E-state index in [-0.39, 0.29) is 12.3 Å². The molecule has 0 saturated heterocycles. The van der Waals surface area contributed by atoms with Gasteiger partial charge in [0.05, 0.1) is 12.3 Å². The highest BCUT2D eigenvalue weighted by Crippen LogP contribution is 2.24. The van der Waals surface area contributed by atoms with Crippen molar-refractivity contribution in [3.8, 4) is 0 Å². The molecule has 0 bridgehead atoms. The predicted molar refractivity (Wildman–Crippen MR) is 148 cm³/mol. The maximum atomic E-state index is 12.7. The molecule has 0 aliphatic heterocycles. The Balaban J connectivity index is 1.69. The fraction of sp³-hybridized carbons (Fsp3) is 0.533. The Kier molecular flexibility index (Phi) is 14.2. The number of unbranched alkanes of at least 4 members (excludes halogenated alkanes) is 9. The molecule has 0 aliphatic carbocycles. The summed E-state index contributed by atoms with van der Waals surface area (Å²) in [5, 5.41) is 12.1. The van der Waals surface area contributed by atoms with Crippen LogP contribution in [0, 0.1) is 12.8 Å². The highest BCUT2D eigenvalue weighted by atomic mass is 32.2. The average molecular weight is 498 g/mol. The van der Waals surface area contributed by atoms with Gasteiger partial charge in [0, 0.05) is 16.3 Å². The van der Waals surface area contributed by atoms with Crippen LogP contribution in [-0.2, 0) is 16.0 Å². The number of hydrogen-bond acceptors (Lipinski definition) is 3. The van der Waals surface area contributed by atoms with Crippen LogP contribution in [0.25, 0.3) is 0 Å². The van der Waals surface area contributed by atoms with Crippen molar-refractivity contribution in [2.24, 2.45) is 5.92 Å². The molecule has 0 heterocycles. The minimum Gasteiger partial charge on any atom is -0.481 e. The third-order valence-electron chi connectivity index (χ3n) is 6.30. The number of carbonyl (C=O) groups is 2. The summed E-state index contributed by atoms with van der Waals surface area (Å²) in [4.78, 5) is 25.1. The van der Waals surface area contributed by atoms with Crippen molar-refractivity contribution in [2.75, 3.05) is 11.1 Å². The number of aryl methyl sites for hydroxylation is 2. The SMILES string of the molecule is CCCCCCCCCCCCc1ccc(SCC(CC(=O)O)C(=O)Nc2ccc(C)cc2)cc1. The summed E-state index contributed by atoms with van der Waals surface area (Å²) in [6.07, 6.45) is 14.4. The molecular weight excluding hydrogens is 454 g/mol. The smallest absolute Gasteiger partial charge is 0.304 e. The van der Waals surface area contributed by atoms with Crippen LogP contribution in [0.2, 0.25) is 0 Å². The number of carboxylic acid groups (broad SMARTS) is 1. The molecule has 1 amide bonds. The Morgan fingerprint density at radius 1 is 0.829 bits per heavy atom.